The third kappa shape index (κ3) is 3.34. The minimum Gasteiger partial charge on any atom is -0.258 e. The van der Waals surface area contributed by atoms with E-state index in [4.69, 9.17) is 0 Å². The first-order chi connectivity index (χ1) is 8.99. The number of aromatic nitrogens is 4. The maximum atomic E-state index is 4.50. The Balaban J connectivity index is 2.16. The van der Waals surface area contributed by atoms with Gasteiger partial charge in [0.1, 0.15) is 0 Å². The van der Waals surface area contributed by atoms with Crippen molar-refractivity contribution in [1.82, 2.24) is 20.2 Å². The standard InChI is InChI=1S/C15H20N4/c1-11(2)13-10-16-12(9-17-13)8-15(3,4)14-6-5-7-18-19-14/h5-7,9-11H,8H2,1-4H3. The van der Waals surface area contributed by atoms with Crippen LogP contribution in [0.1, 0.15) is 50.7 Å². The number of hydrogen-bond acceptors (Lipinski definition) is 4. The summed E-state index contributed by atoms with van der Waals surface area (Å²) in [5.74, 6) is 0.412. The third-order valence-electron chi connectivity index (χ3n) is 3.21. The minimum atomic E-state index is -0.0950. The Hall–Kier alpha value is -1.84. The second-order valence-electron chi connectivity index (χ2n) is 5.76. The van der Waals surface area contributed by atoms with Crippen LogP contribution in [0.25, 0.3) is 0 Å². The smallest absolute Gasteiger partial charge is 0.0691 e. The SMILES string of the molecule is CC(C)c1cnc(CC(C)(C)c2cccnn2)cn1. The number of rotatable bonds is 4. The molecule has 19 heavy (non-hydrogen) atoms. The lowest BCUT2D eigenvalue weighted by Crippen LogP contribution is -2.23. The first-order valence-electron chi connectivity index (χ1n) is 6.58. The molecule has 0 saturated carbocycles. The zero-order valence-corrected chi connectivity index (χ0v) is 12.0. The monoisotopic (exact) mass is 256 g/mol. The Morgan fingerprint density at radius 1 is 1.16 bits per heavy atom. The molecule has 0 fully saturated rings. The number of nitrogens with zero attached hydrogens (tertiary/aromatic N) is 4. The highest BCUT2D eigenvalue weighted by Crippen LogP contribution is 2.24. The maximum Gasteiger partial charge on any atom is 0.0691 e. The van der Waals surface area contributed by atoms with Gasteiger partial charge in [-0.1, -0.05) is 27.7 Å². The topological polar surface area (TPSA) is 51.6 Å². The van der Waals surface area contributed by atoms with Crippen LogP contribution in [0.5, 0.6) is 0 Å². The van der Waals surface area contributed by atoms with Crippen molar-refractivity contribution in [3.8, 4) is 0 Å². The zero-order valence-electron chi connectivity index (χ0n) is 12.0. The van der Waals surface area contributed by atoms with E-state index in [9.17, 15) is 0 Å². The second kappa shape index (κ2) is 5.43. The molecule has 0 bridgehead atoms. The molecule has 0 aromatic carbocycles. The molecule has 2 aromatic rings. The van der Waals surface area contributed by atoms with Crippen molar-refractivity contribution in [3.63, 3.8) is 0 Å². The summed E-state index contributed by atoms with van der Waals surface area (Å²) in [7, 11) is 0. The summed E-state index contributed by atoms with van der Waals surface area (Å²) in [6, 6.07) is 3.92. The molecule has 0 N–H and O–H groups in total. The molecule has 2 rings (SSSR count). The van der Waals surface area contributed by atoms with Crippen LogP contribution < -0.4 is 0 Å². The summed E-state index contributed by atoms with van der Waals surface area (Å²) in [6.45, 7) is 8.53. The third-order valence-corrected chi connectivity index (χ3v) is 3.21. The highest BCUT2D eigenvalue weighted by Gasteiger charge is 2.23. The van der Waals surface area contributed by atoms with Crippen LogP contribution >= 0.6 is 0 Å². The van der Waals surface area contributed by atoms with E-state index in [0.29, 0.717) is 5.92 Å². The fourth-order valence-corrected chi connectivity index (χ4v) is 1.96. The van der Waals surface area contributed by atoms with E-state index in [1.165, 1.54) is 0 Å². The largest absolute Gasteiger partial charge is 0.258 e. The van der Waals surface area contributed by atoms with Gasteiger partial charge in [0.15, 0.2) is 0 Å². The summed E-state index contributed by atoms with van der Waals surface area (Å²) in [6.07, 6.45) is 6.23. The van der Waals surface area contributed by atoms with Gasteiger partial charge in [-0.2, -0.15) is 10.2 Å². The molecule has 100 valence electrons. The molecule has 0 radical (unpaired) electrons. The second-order valence-corrected chi connectivity index (χ2v) is 5.76. The molecule has 0 aliphatic rings. The van der Waals surface area contributed by atoms with E-state index in [1.54, 1.807) is 6.20 Å². The van der Waals surface area contributed by atoms with Crippen molar-refractivity contribution < 1.29 is 0 Å². The fraction of sp³-hybridized carbons (Fsp3) is 0.467. The van der Waals surface area contributed by atoms with Crippen molar-refractivity contribution in [2.45, 2.75) is 45.4 Å². The van der Waals surface area contributed by atoms with Gasteiger partial charge in [-0.05, 0) is 18.1 Å². The average Bonchev–Trinajstić information content (AvgIpc) is 2.40. The van der Waals surface area contributed by atoms with Gasteiger partial charge in [0.2, 0.25) is 0 Å². The number of hydrogen-bond donors (Lipinski definition) is 0. The van der Waals surface area contributed by atoms with E-state index in [-0.39, 0.29) is 5.41 Å². The van der Waals surface area contributed by atoms with Crippen LogP contribution in [0.4, 0.5) is 0 Å². The van der Waals surface area contributed by atoms with Crippen LogP contribution in [0.2, 0.25) is 0 Å². The Morgan fingerprint density at radius 2 is 1.95 bits per heavy atom. The van der Waals surface area contributed by atoms with Gasteiger partial charge in [0, 0.05) is 30.4 Å². The van der Waals surface area contributed by atoms with Crippen molar-refractivity contribution in [1.29, 1.82) is 0 Å². The Bertz CT molecular complexity index is 518. The van der Waals surface area contributed by atoms with Crippen molar-refractivity contribution in [2.75, 3.05) is 0 Å². The molecule has 0 aliphatic heterocycles. The summed E-state index contributed by atoms with van der Waals surface area (Å²) in [5, 5.41) is 8.14. The molecular weight excluding hydrogens is 236 g/mol. The molecule has 0 amide bonds. The van der Waals surface area contributed by atoms with E-state index in [2.05, 4.69) is 47.9 Å². The van der Waals surface area contributed by atoms with Crippen LogP contribution in [0.15, 0.2) is 30.7 Å². The molecule has 4 nitrogen and oxygen atoms in total. The van der Waals surface area contributed by atoms with E-state index in [1.807, 2.05) is 24.5 Å². The summed E-state index contributed by atoms with van der Waals surface area (Å²) < 4.78 is 0. The average molecular weight is 256 g/mol. The minimum absolute atomic E-state index is 0.0950. The highest BCUT2D eigenvalue weighted by molar-refractivity contribution is 5.17. The van der Waals surface area contributed by atoms with Gasteiger partial charge in [0.05, 0.1) is 17.1 Å². The maximum absolute atomic E-state index is 4.50. The first kappa shape index (κ1) is 13.6. The van der Waals surface area contributed by atoms with E-state index < -0.39 is 0 Å². The highest BCUT2D eigenvalue weighted by atomic mass is 15.1. The summed E-state index contributed by atoms with van der Waals surface area (Å²) >= 11 is 0. The lowest BCUT2D eigenvalue weighted by atomic mass is 9.84. The van der Waals surface area contributed by atoms with Crippen LogP contribution in [-0.4, -0.2) is 20.2 Å². The Morgan fingerprint density at radius 3 is 2.47 bits per heavy atom. The predicted octanol–water partition coefficient (Wildman–Crippen LogP) is 2.91. The zero-order chi connectivity index (χ0) is 13.9. The molecule has 2 aromatic heterocycles. The molecule has 0 atom stereocenters. The Labute approximate surface area is 114 Å². The lowest BCUT2D eigenvalue weighted by Gasteiger charge is -2.22. The van der Waals surface area contributed by atoms with Gasteiger partial charge in [-0.25, -0.2) is 0 Å². The van der Waals surface area contributed by atoms with Crippen LogP contribution in [0, 0.1) is 0 Å². The van der Waals surface area contributed by atoms with Crippen LogP contribution in [-0.2, 0) is 11.8 Å². The lowest BCUT2D eigenvalue weighted by molar-refractivity contribution is 0.490. The van der Waals surface area contributed by atoms with Gasteiger partial charge in [0.25, 0.3) is 0 Å². The van der Waals surface area contributed by atoms with Gasteiger partial charge < -0.3 is 0 Å². The van der Waals surface area contributed by atoms with E-state index >= 15 is 0 Å². The Kier molecular flexibility index (Phi) is 3.88. The van der Waals surface area contributed by atoms with Gasteiger partial charge in [-0.15, -0.1) is 0 Å². The molecule has 4 heteroatoms. The normalized spacial score (nSPS) is 11.8. The quantitative estimate of drug-likeness (QED) is 0.844. The molecule has 0 saturated heterocycles. The van der Waals surface area contributed by atoms with Crippen molar-refractivity contribution in [3.05, 3.63) is 47.8 Å². The van der Waals surface area contributed by atoms with E-state index in [0.717, 1.165) is 23.5 Å². The molecule has 2 heterocycles. The summed E-state index contributed by atoms with van der Waals surface area (Å²) in [4.78, 5) is 8.96. The fourth-order valence-electron chi connectivity index (χ4n) is 1.96. The van der Waals surface area contributed by atoms with Gasteiger partial charge >= 0.3 is 0 Å². The molecule has 0 unspecified atom stereocenters. The van der Waals surface area contributed by atoms with Gasteiger partial charge in [-0.3, -0.25) is 9.97 Å². The molecule has 0 aliphatic carbocycles. The molecule has 0 spiro atoms. The van der Waals surface area contributed by atoms with Crippen LogP contribution in [0.3, 0.4) is 0 Å². The van der Waals surface area contributed by atoms with Crippen molar-refractivity contribution in [2.24, 2.45) is 0 Å². The first-order valence-corrected chi connectivity index (χ1v) is 6.58. The predicted molar refractivity (Wildman–Crippen MR) is 74.9 cm³/mol. The van der Waals surface area contributed by atoms with Crippen molar-refractivity contribution >= 4 is 0 Å². The summed E-state index contributed by atoms with van der Waals surface area (Å²) in [5.41, 5.74) is 2.90. The molecular formula is C15H20N4.